The van der Waals surface area contributed by atoms with Crippen LogP contribution in [-0.4, -0.2) is 38.8 Å². The molecular formula is C15H14F2N4O. The second-order valence-corrected chi connectivity index (χ2v) is 5.15. The average molecular weight is 304 g/mol. The van der Waals surface area contributed by atoms with Crippen molar-refractivity contribution in [1.29, 1.82) is 0 Å². The van der Waals surface area contributed by atoms with Crippen LogP contribution in [0.1, 0.15) is 40.5 Å². The third-order valence-corrected chi connectivity index (χ3v) is 3.76. The summed E-state index contributed by atoms with van der Waals surface area (Å²) in [5.74, 6) is -0.121. The minimum Gasteiger partial charge on any atom is -0.337 e. The number of alkyl halides is 2. The molecule has 1 saturated heterocycles. The highest BCUT2D eigenvalue weighted by Gasteiger charge is 2.29. The predicted octanol–water partition coefficient (Wildman–Crippen LogP) is 2.44. The van der Waals surface area contributed by atoms with Crippen molar-refractivity contribution in [3.8, 4) is 0 Å². The van der Waals surface area contributed by atoms with Gasteiger partial charge in [0.25, 0.3) is 12.3 Å². The van der Waals surface area contributed by atoms with E-state index in [1.54, 1.807) is 17.3 Å². The molecule has 0 aromatic carbocycles. The number of aromatic nitrogens is 3. The van der Waals surface area contributed by atoms with E-state index < -0.39 is 12.1 Å². The zero-order valence-electron chi connectivity index (χ0n) is 11.7. The molecule has 1 atom stereocenters. The van der Waals surface area contributed by atoms with Gasteiger partial charge in [0.05, 0.1) is 0 Å². The van der Waals surface area contributed by atoms with Crippen LogP contribution in [0.15, 0.2) is 36.9 Å². The van der Waals surface area contributed by atoms with Gasteiger partial charge in [-0.3, -0.25) is 9.78 Å². The summed E-state index contributed by atoms with van der Waals surface area (Å²) in [6, 6.07) is 4.90. The van der Waals surface area contributed by atoms with Gasteiger partial charge in [0.15, 0.2) is 0 Å². The molecule has 0 radical (unpaired) electrons. The Kier molecular flexibility index (Phi) is 4.04. The van der Waals surface area contributed by atoms with Crippen LogP contribution in [0.2, 0.25) is 0 Å². The molecule has 22 heavy (non-hydrogen) atoms. The van der Waals surface area contributed by atoms with Gasteiger partial charge in [-0.15, -0.1) is 0 Å². The van der Waals surface area contributed by atoms with Crippen LogP contribution in [-0.2, 0) is 0 Å². The summed E-state index contributed by atoms with van der Waals surface area (Å²) >= 11 is 0. The van der Waals surface area contributed by atoms with Crippen LogP contribution < -0.4 is 0 Å². The molecule has 1 fully saturated rings. The summed E-state index contributed by atoms with van der Waals surface area (Å²) in [4.78, 5) is 25.4. The van der Waals surface area contributed by atoms with E-state index in [0.29, 0.717) is 13.1 Å². The Morgan fingerprint density at radius 3 is 2.95 bits per heavy atom. The van der Waals surface area contributed by atoms with Crippen molar-refractivity contribution >= 4 is 5.91 Å². The standard InChI is InChI=1S/C15H14F2N4O/c16-14(17)12-6-13(20-9-19-12)15(22)21-5-3-11(8-21)10-2-1-4-18-7-10/h1-2,4,6-7,9,11,14H,3,5,8H2. The number of rotatable bonds is 3. The molecule has 1 unspecified atom stereocenters. The Morgan fingerprint density at radius 1 is 1.36 bits per heavy atom. The van der Waals surface area contributed by atoms with Gasteiger partial charge in [-0.2, -0.15) is 0 Å². The molecule has 2 aromatic heterocycles. The first-order valence-corrected chi connectivity index (χ1v) is 6.94. The lowest BCUT2D eigenvalue weighted by molar-refractivity contribution is 0.0784. The van der Waals surface area contributed by atoms with Crippen molar-refractivity contribution in [2.75, 3.05) is 13.1 Å². The zero-order valence-corrected chi connectivity index (χ0v) is 11.7. The first-order chi connectivity index (χ1) is 10.6. The molecule has 3 rings (SSSR count). The van der Waals surface area contributed by atoms with Gasteiger partial charge in [-0.05, 0) is 24.1 Å². The number of hydrogen-bond donors (Lipinski definition) is 0. The van der Waals surface area contributed by atoms with Crippen molar-refractivity contribution < 1.29 is 13.6 Å². The first kappa shape index (κ1) is 14.5. The van der Waals surface area contributed by atoms with E-state index in [1.807, 2.05) is 12.1 Å². The smallest absolute Gasteiger partial charge is 0.280 e. The van der Waals surface area contributed by atoms with E-state index in [0.717, 1.165) is 24.4 Å². The molecule has 114 valence electrons. The van der Waals surface area contributed by atoms with Gasteiger partial charge in [-0.1, -0.05) is 6.07 Å². The molecule has 7 heteroatoms. The van der Waals surface area contributed by atoms with Crippen molar-refractivity contribution in [1.82, 2.24) is 19.9 Å². The quantitative estimate of drug-likeness (QED) is 0.874. The fourth-order valence-electron chi connectivity index (χ4n) is 2.60. The SMILES string of the molecule is O=C(c1cc(C(F)F)ncn1)N1CCC(c2cccnc2)C1. The van der Waals surface area contributed by atoms with Crippen LogP contribution in [0, 0.1) is 0 Å². The molecule has 5 nitrogen and oxygen atoms in total. The molecule has 1 amide bonds. The summed E-state index contributed by atoms with van der Waals surface area (Å²) in [7, 11) is 0. The van der Waals surface area contributed by atoms with Gasteiger partial charge >= 0.3 is 0 Å². The molecule has 2 aromatic rings. The molecule has 0 aliphatic carbocycles. The van der Waals surface area contributed by atoms with Gasteiger partial charge in [-0.25, -0.2) is 18.7 Å². The number of likely N-dealkylation sites (tertiary alicyclic amines) is 1. The van der Waals surface area contributed by atoms with E-state index in [-0.39, 0.29) is 17.5 Å². The van der Waals surface area contributed by atoms with E-state index in [1.165, 1.54) is 0 Å². The third-order valence-electron chi connectivity index (χ3n) is 3.76. The number of halogens is 2. The van der Waals surface area contributed by atoms with Crippen LogP contribution in [0.5, 0.6) is 0 Å². The molecule has 0 saturated carbocycles. The molecule has 0 spiro atoms. The number of pyridine rings is 1. The highest BCUT2D eigenvalue weighted by atomic mass is 19.3. The first-order valence-electron chi connectivity index (χ1n) is 6.94. The molecule has 1 aliphatic rings. The number of hydrogen-bond acceptors (Lipinski definition) is 4. The minimum absolute atomic E-state index is 0.0112. The molecule has 1 aliphatic heterocycles. The van der Waals surface area contributed by atoms with Crippen LogP contribution >= 0.6 is 0 Å². The van der Waals surface area contributed by atoms with Crippen LogP contribution in [0.25, 0.3) is 0 Å². The predicted molar refractivity (Wildman–Crippen MR) is 74.5 cm³/mol. The van der Waals surface area contributed by atoms with Crippen molar-refractivity contribution in [3.63, 3.8) is 0 Å². The Hall–Kier alpha value is -2.44. The second kappa shape index (κ2) is 6.13. The van der Waals surface area contributed by atoms with Crippen LogP contribution in [0.4, 0.5) is 8.78 Å². The Morgan fingerprint density at radius 2 is 2.23 bits per heavy atom. The molecule has 3 heterocycles. The maximum absolute atomic E-state index is 12.6. The zero-order chi connectivity index (χ0) is 15.5. The molecule has 0 bridgehead atoms. The second-order valence-electron chi connectivity index (χ2n) is 5.15. The lowest BCUT2D eigenvalue weighted by Crippen LogP contribution is -2.29. The molecule has 0 N–H and O–H groups in total. The minimum atomic E-state index is -2.71. The highest BCUT2D eigenvalue weighted by molar-refractivity contribution is 5.92. The van der Waals surface area contributed by atoms with Crippen molar-refractivity contribution in [2.45, 2.75) is 18.8 Å². The Labute approximate surface area is 126 Å². The maximum Gasteiger partial charge on any atom is 0.280 e. The van der Waals surface area contributed by atoms with Gasteiger partial charge < -0.3 is 4.90 Å². The highest BCUT2D eigenvalue weighted by Crippen LogP contribution is 2.27. The third kappa shape index (κ3) is 2.93. The van der Waals surface area contributed by atoms with Crippen molar-refractivity contribution in [2.24, 2.45) is 0 Å². The van der Waals surface area contributed by atoms with E-state index in [2.05, 4.69) is 15.0 Å². The largest absolute Gasteiger partial charge is 0.337 e. The lowest BCUT2D eigenvalue weighted by Gasteiger charge is -2.16. The Balaban J connectivity index is 1.73. The summed E-state index contributed by atoms with van der Waals surface area (Å²) < 4.78 is 25.3. The maximum atomic E-state index is 12.6. The summed E-state index contributed by atoms with van der Waals surface area (Å²) in [6.45, 7) is 1.12. The fraction of sp³-hybridized carbons (Fsp3) is 0.333. The average Bonchev–Trinajstić information content (AvgIpc) is 3.05. The number of nitrogens with zero attached hydrogens (tertiary/aromatic N) is 4. The number of amides is 1. The van der Waals surface area contributed by atoms with Gasteiger partial charge in [0, 0.05) is 31.4 Å². The van der Waals surface area contributed by atoms with Crippen molar-refractivity contribution in [3.05, 3.63) is 53.9 Å². The van der Waals surface area contributed by atoms with Crippen LogP contribution in [0.3, 0.4) is 0 Å². The number of carbonyl (C=O) groups is 1. The topological polar surface area (TPSA) is 59.0 Å². The monoisotopic (exact) mass is 304 g/mol. The summed E-state index contributed by atoms with van der Waals surface area (Å²) in [5, 5.41) is 0. The van der Waals surface area contributed by atoms with Gasteiger partial charge in [0.1, 0.15) is 17.7 Å². The normalized spacial score (nSPS) is 18.0. The molecular weight excluding hydrogens is 290 g/mol. The lowest BCUT2D eigenvalue weighted by atomic mass is 10.0. The van der Waals surface area contributed by atoms with E-state index in [9.17, 15) is 13.6 Å². The summed E-state index contributed by atoms with van der Waals surface area (Å²) in [5.41, 5.74) is 0.659. The fourth-order valence-corrected chi connectivity index (χ4v) is 2.60. The number of carbonyl (C=O) groups excluding carboxylic acids is 1. The summed E-state index contributed by atoms with van der Waals surface area (Å²) in [6.07, 6.45) is 2.61. The van der Waals surface area contributed by atoms with Gasteiger partial charge in [0.2, 0.25) is 0 Å². The Bertz CT molecular complexity index is 666. The van der Waals surface area contributed by atoms with E-state index >= 15 is 0 Å². The van der Waals surface area contributed by atoms with E-state index in [4.69, 9.17) is 0 Å².